The third-order valence-corrected chi connectivity index (χ3v) is 5.84. The van der Waals surface area contributed by atoms with E-state index in [0.29, 0.717) is 30.6 Å². The van der Waals surface area contributed by atoms with Gasteiger partial charge in [0.15, 0.2) is 0 Å². The van der Waals surface area contributed by atoms with E-state index in [2.05, 4.69) is 5.32 Å². The first-order chi connectivity index (χ1) is 15.8. The van der Waals surface area contributed by atoms with E-state index < -0.39 is 6.04 Å². The average molecular weight is 450 g/mol. The van der Waals surface area contributed by atoms with Crippen LogP contribution >= 0.6 is 0 Å². The number of amides is 4. The Bertz CT molecular complexity index is 997. The number of carbonyl (C=O) groups excluding carboxylic acids is 4. The highest BCUT2D eigenvalue weighted by Crippen LogP contribution is 2.23. The molecule has 1 N–H and O–H groups in total. The van der Waals surface area contributed by atoms with Crippen molar-refractivity contribution in [3.05, 3.63) is 70.8 Å². The van der Waals surface area contributed by atoms with E-state index in [-0.39, 0.29) is 36.6 Å². The van der Waals surface area contributed by atoms with E-state index in [0.717, 1.165) is 17.5 Å². The number of rotatable bonds is 10. The summed E-state index contributed by atoms with van der Waals surface area (Å²) < 4.78 is 0. The Morgan fingerprint density at radius 2 is 1.61 bits per heavy atom. The van der Waals surface area contributed by atoms with Gasteiger partial charge in [0.05, 0.1) is 11.1 Å². The minimum absolute atomic E-state index is 0.130. The Hall–Kier alpha value is -3.48. The molecule has 0 unspecified atom stereocenters. The molecule has 174 valence electrons. The van der Waals surface area contributed by atoms with Gasteiger partial charge in [-0.3, -0.25) is 24.1 Å². The van der Waals surface area contributed by atoms with Crippen molar-refractivity contribution in [2.45, 2.75) is 52.6 Å². The van der Waals surface area contributed by atoms with Gasteiger partial charge in [0.25, 0.3) is 11.8 Å². The van der Waals surface area contributed by atoms with E-state index >= 15 is 0 Å². The molecular weight excluding hydrogens is 418 g/mol. The third kappa shape index (κ3) is 5.66. The largest absolute Gasteiger partial charge is 0.354 e. The Kier molecular flexibility index (Phi) is 7.98. The molecule has 7 heteroatoms. The number of fused-ring (bicyclic) bond motifs is 1. The van der Waals surface area contributed by atoms with Crippen molar-refractivity contribution in [3.63, 3.8) is 0 Å². The predicted octanol–water partition coefficient (Wildman–Crippen LogP) is 3.31. The number of benzene rings is 2. The van der Waals surface area contributed by atoms with Crippen LogP contribution in [-0.4, -0.2) is 52.6 Å². The van der Waals surface area contributed by atoms with Crippen LogP contribution in [0.3, 0.4) is 0 Å². The summed E-state index contributed by atoms with van der Waals surface area (Å²) in [7, 11) is 0. The van der Waals surface area contributed by atoms with Crippen LogP contribution < -0.4 is 5.32 Å². The summed E-state index contributed by atoms with van der Waals surface area (Å²) in [5.41, 5.74) is 2.85. The first kappa shape index (κ1) is 24.2. The lowest BCUT2D eigenvalue weighted by atomic mass is 10.1. The fourth-order valence-corrected chi connectivity index (χ4v) is 3.84. The summed E-state index contributed by atoms with van der Waals surface area (Å²) in [6, 6.07) is 13.9. The van der Waals surface area contributed by atoms with Gasteiger partial charge in [0, 0.05) is 26.1 Å². The summed E-state index contributed by atoms with van der Waals surface area (Å²) in [5, 5.41) is 2.85. The van der Waals surface area contributed by atoms with Crippen LogP contribution in [-0.2, 0) is 16.1 Å². The molecule has 0 radical (unpaired) electrons. The SMILES string of the molecule is CCCNC(=O)[C@@H](C)N(Cc1ccc(C)cc1)C(=O)CCCN1C(=O)c2ccccc2C1=O. The molecule has 0 aliphatic carbocycles. The van der Waals surface area contributed by atoms with Crippen molar-refractivity contribution in [1.82, 2.24) is 15.1 Å². The molecule has 7 nitrogen and oxygen atoms in total. The first-order valence-electron chi connectivity index (χ1n) is 11.4. The molecular formula is C26H31N3O4. The van der Waals surface area contributed by atoms with Gasteiger partial charge in [-0.1, -0.05) is 48.9 Å². The predicted molar refractivity (Wildman–Crippen MR) is 126 cm³/mol. The maximum atomic E-state index is 13.1. The molecule has 33 heavy (non-hydrogen) atoms. The molecule has 0 fully saturated rings. The smallest absolute Gasteiger partial charge is 0.261 e. The molecule has 2 aromatic carbocycles. The average Bonchev–Trinajstić information content (AvgIpc) is 3.06. The van der Waals surface area contributed by atoms with Gasteiger partial charge in [0.2, 0.25) is 11.8 Å². The van der Waals surface area contributed by atoms with Gasteiger partial charge < -0.3 is 10.2 Å². The lowest BCUT2D eigenvalue weighted by molar-refractivity contribution is -0.140. The number of hydrogen-bond donors (Lipinski definition) is 1. The molecule has 1 heterocycles. The summed E-state index contributed by atoms with van der Waals surface area (Å²) in [6.45, 7) is 6.71. The van der Waals surface area contributed by atoms with Crippen molar-refractivity contribution >= 4 is 23.6 Å². The molecule has 1 aliphatic heterocycles. The number of nitrogens with zero attached hydrogens (tertiary/aromatic N) is 2. The molecule has 0 spiro atoms. The molecule has 0 aromatic heterocycles. The van der Waals surface area contributed by atoms with Crippen molar-refractivity contribution in [3.8, 4) is 0 Å². The molecule has 3 rings (SSSR count). The number of hydrogen-bond acceptors (Lipinski definition) is 4. The highest BCUT2D eigenvalue weighted by Gasteiger charge is 2.35. The van der Waals surface area contributed by atoms with Crippen LogP contribution in [0.2, 0.25) is 0 Å². The minimum Gasteiger partial charge on any atom is -0.354 e. The highest BCUT2D eigenvalue weighted by molar-refractivity contribution is 6.21. The number of carbonyl (C=O) groups is 4. The Balaban J connectivity index is 1.65. The van der Waals surface area contributed by atoms with Crippen LogP contribution in [0, 0.1) is 6.92 Å². The zero-order chi connectivity index (χ0) is 24.0. The van der Waals surface area contributed by atoms with Crippen LogP contribution in [0.5, 0.6) is 0 Å². The molecule has 2 aromatic rings. The summed E-state index contributed by atoms with van der Waals surface area (Å²) in [4.78, 5) is 53.6. The summed E-state index contributed by atoms with van der Waals surface area (Å²) in [5.74, 6) is -1.04. The maximum absolute atomic E-state index is 13.1. The highest BCUT2D eigenvalue weighted by atomic mass is 16.2. The van der Waals surface area contributed by atoms with Gasteiger partial charge in [-0.05, 0) is 44.4 Å². The van der Waals surface area contributed by atoms with E-state index in [9.17, 15) is 19.2 Å². The van der Waals surface area contributed by atoms with Crippen LogP contribution in [0.15, 0.2) is 48.5 Å². The van der Waals surface area contributed by atoms with E-state index in [4.69, 9.17) is 0 Å². The fraction of sp³-hybridized carbons (Fsp3) is 0.385. The van der Waals surface area contributed by atoms with Gasteiger partial charge in [-0.15, -0.1) is 0 Å². The second-order valence-corrected chi connectivity index (χ2v) is 8.39. The van der Waals surface area contributed by atoms with Crippen molar-refractivity contribution in [1.29, 1.82) is 0 Å². The number of aryl methyl sites for hydroxylation is 1. The van der Waals surface area contributed by atoms with Crippen molar-refractivity contribution in [2.24, 2.45) is 0 Å². The lowest BCUT2D eigenvalue weighted by Gasteiger charge is -2.29. The summed E-state index contributed by atoms with van der Waals surface area (Å²) >= 11 is 0. The van der Waals surface area contributed by atoms with Gasteiger partial charge >= 0.3 is 0 Å². The second kappa shape index (κ2) is 10.9. The third-order valence-electron chi connectivity index (χ3n) is 5.84. The van der Waals surface area contributed by atoms with E-state index in [1.165, 1.54) is 4.90 Å². The molecule has 0 bridgehead atoms. The monoisotopic (exact) mass is 449 g/mol. The molecule has 0 saturated heterocycles. The molecule has 0 saturated carbocycles. The van der Waals surface area contributed by atoms with Crippen LogP contribution in [0.1, 0.15) is 65.0 Å². The normalized spacial score (nSPS) is 13.6. The maximum Gasteiger partial charge on any atom is 0.261 e. The number of nitrogens with one attached hydrogen (secondary N) is 1. The standard InChI is InChI=1S/C26H31N3O4/c1-4-15-27-24(31)19(3)29(17-20-13-11-18(2)12-14-20)23(30)10-7-16-28-25(32)21-8-5-6-9-22(21)26(28)33/h5-6,8-9,11-14,19H,4,7,10,15-17H2,1-3H3,(H,27,31)/t19-/m1/s1. The van der Waals surface area contributed by atoms with Crippen LogP contribution in [0.25, 0.3) is 0 Å². The molecule has 4 amide bonds. The number of imide groups is 1. The second-order valence-electron chi connectivity index (χ2n) is 8.39. The van der Waals surface area contributed by atoms with Gasteiger partial charge in [-0.2, -0.15) is 0 Å². The molecule has 1 aliphatic rings. The van der Waals surface area contributed by atoms with Gasteiger partial charge in [0.1, 0.15) is 6.04 Å². The Morgan fingerprint density at radius 3 is 2.18 bits per heavy atom. The zero-order valence-corrected chi connectivity index (χ0v) is 19.5. The van der Waals surface area contributed by atoms with Crippen LogP contribution in [0.4, 0.5) is 0 Å². The van der Waals surface area contributed by atoms with E-state index in [1.807, 2.05) is 38.1 Å². The quantitative estimate of drug-likeness (QED) is 0.564. The van der Waals surface area contributed by atoms with Crippen molar-refractivity contribution < 1.29 is 19.2 Å². The van der Waals surface area contributed by atoms with E-state index in [1.54, 1.807) is 36.1 Å². The lowest BCUT2D eigenvalue weighted by Crippen LogP contribution is -2.47. The first-order valence-corrected chi connectivity index (χ1v) is 11.4. The zero-order valence-electron chi connectivity index (χ0n) is 19.5. The van der Waals surface area contributed by atoms with Gasteiger partial charge in [-0.25, -0.2) is 0 Å². The fourth-order valence-electron chi connectivity index (χ4n) is 3.84. The minimum atomic E-state index is -0.635. The topological polar surface area (TPSA) is 86.8 Å². The molecule has 1 atom stereocenters. The van der Waals surface area contributed by atoms with Crippen molar-refractivity contribution in [2.75, 3.05) is 13.1 Å². The summed E-state index contributed by atoms with van der Waals surface area (Å²) in [6.07, 6.45) is 1.27. The Morgan fingerprint density at radius 1 is 1.00 bits per heavy atom. The Labute approximate surface area is 194 Å².